The summed E-state index contributed by atoms with van der Waals surface area (Å²) < 4.78 is 0. The monoisotopic (exact) mass is 522 g/mol. The van der Waals surface area contributed by atoms with Gasteiger partial charge in [-0.25, -0.2) is 0 Å². The molecule has 1 saturated carbocycles. The van der Waals surface area contributed by atoms with Crippen LogP contribution in [0, 0.1) is 17.3 Å². The maximum atomic E-state index is 14.1. The molecule has 2 aromatic carbocycles. The van der Waals surface area contributed by atoms with Crippen molar-refractivity contribution in [3.8, 4) is 0 Å². The summed E-state index contributed by atoms with van der Waals surface area (Å²) in [4.78, 5) is 28.2. The maximum absolute atomic E-state index is 14.1. The Morgan fingerprint density at radius 1 is 1.08 bits per heavy atom. The van der Waals surface area contributed by atoms with E-state index in [0.717, 1.165) is 48.9 Å². The van der Waals surface area contributed by atoms with Gasteiger partial charge in [0.15, 0.2) is 0 Å². The molecule has 1 saturated heterocycles. The number of carbonyl (C=O) groups excluding carboxylic acids is 2. The van der Waals surface area contributed by atoms with Crippen LogP contribution in [0.15, 0.2) is 48.5 Å². The van der Waals surface area contributed by atoms with Crippen LogP contribution in [0.1, 0.15) is 70.4 Å². The van der Waals surface area contributed by atoms with Crippen LogP contribution < -0.4 is 10.6 Å². The van der Waals surface area contributed by atoms with Gasteiger partial charge in [-0.1, -0.05) is 68.8 Å². The van der Waals surface area contributed by atoms with Crippen molar-refractivity contribution in [1.29, 1.82) is 0 Å². The Kier molecular flexibility index (Phi) is 7.25. The zero-order valence-corrected chi connectivity index (χ0v) is 22.9. The molecular weight excluding hydrogens is 484 g/mol. The predicted octanol–water partition coefficient (Wildman–Crippen LogP) is 5.68. The Morgan fingerprint density at radius 2 is 1.78 bits per heavy atom. The number of ketones is 1. The van der Waals surface area contributed by atoms with Crippen molar-refractivity contribution in [3.63, 3.8) is 0 Å². The van der Waals surface area contributed by atoms with Crippen LogP contribution >= 0.6 is 11.6 Å². The van der Waals surface area contributed by atoms with E-state index in [1.54, 1.807) is 0 Å². The Bertz CT molecular complexity index is 1150. The average Bonchev–Trinajstić information content (AvgIpc) is 3.30. The van der Waals surface area contributed by atoms with Gasteiger partial charge >= 0.3 is 0 Å². The van der Waals surface area contributed by atoms with Crippen LogP contribution in [-0.2, 0) is 21.4 Å². The number of aliphatic hydroxyl groups excluding tert-OH is 1. The molecule has 198 valence electrons. The Hall–Kier alpha value is -2.21. The van der Waals surface area contributed by atoms with Crippen LogP contribution in [-0.4, -0.2) is 35.0 Å². The van der Waals surface area contributed by atoms with Crippen LogP contribution in [0.3, 0.4) is 0 Å². The Labute approximate surface area is 225 Å². The molecule has 6 heteroatoms. The van der Waals surface area contributed by atoms with Crippen molar-refractivity contribution in [3.05, 3.63) is 64.7 Å². The summed E-state index contributed by atoms with van der Waals surface area (Å²) in [5.74, 6) is 0.208. The topological polar surface area (TPSA) is 78.4 Å². The minimum absolute atomic E-state index is 0.0384. The molecule has 37 heavy (non-hydrogen) atoms. The normalized spacial score (nSPS) is 31.4. The SMILES string of the molecule is CC(C)(C)C[C@H]1N[C@@H](C(=O)CC2CCC(O)CC2)[C@H](Cc2ccccc2)[C@@]12C(=O)Nc1cc(Cl)ccc12. The van der Waals surface area contributed by atoms with Crippen molar-refractivity contribution >= 4 is 29.0 Å². The maximum Gasteiger partial charge on any atom is 0.237 e. The van der Waals surface area contributed by atoms with Gasteiger partial charge in [-0.2, -0.15) is 0 Å². The smallest absolute Gasteiger partial charge is 0.237 e. The van der Waals surface area contributed by atoms with Crippen molar-refractivity contribution in [2.45, 2.75) is 89.3 Å². The van der Waals surface area contributed by atoms with Crippen molar-refractivity contribution in [1.82, 2.24) is 5.32 Å². The van der Waals surface area contributed by atoms with Crippen molar-refractivity contribution in [2.24, 2.45) is 17.3 Å². The van der Waals surface area contributed by atoms with Gasteiger partial charge in [0.05, 0.1) is 17.6 Å². The standard InChI is InChI=1S/C31H39ClN2O3/c1-30(2,3)18-27-31(23-14-11-21(32)17-25(23)33-29(31)37)24(15-19-7-5-4-6-8-19)28(34-27)26(36)16-20-9-12-22(35)13-10-20/h4-8,11,14,17,20,22,24,27-28,34-35H,9-10,12-13,15-16,18H2,1-3H3,(H,33,37)/t20?,22?,24-,27+,28+,31+/m0/s1. The highest BCUT2D eigenvalue weighted by Crippen LogP contribution is 2.54. The number of amides is 1. The van der Waals surface area contributed by atoms with E-state index in [2.05, 4.69) is 43.5 Å². The van der Waals surface area contributed by atoms with Gasteiger partial charge in [0.25, 0.3) is 0 Å². The van der Waals surface area contributed by atoms with Gasteiger partial charge in [0.1, 0.15) is 5.78 Å². The molecule has 0 unspecified atom stereocenters. The van der Waals surface area contributed by atoms with Crippen LogP contribution in [0.25, 0.3) is 0 Å². The van der Waals surface area contributed by atoms with Gasteiger partial charge in [-0.15, -0.1) is 0 Å². The van der Waals surface area contributed by atoms with E-state index in [0.29, 0.717) is 17.9 Å². The number of anilines is 1. The number of benzene rings is 2. The lowest BCUT2D eigenvalue weighted by Crippen LogP contribution is -2.50. The second-order valence-electron chi connectivity index (χ2n) is 12.6. The summed E-state index contributed by atoms with van der Waals surface area (Å²) in [6.07, 6.45) is 4.91. The molecule has 0 bridgehead atoms. The zero-order valence-electron chi connectivity index (χ0n) is 22.1. The van der Waals surface area contributed by atoms with Gasteiger partial charge in [0.2, 0.25) is 5.91 Å². The van der Waals surface area contributed by atoms with Gasteiger partial charge in [-0.3, -0.25) is 9.59 Å². The van der Waals surface area contributed by atoms with E-state index in [1.165, 1.54) is 0 Å². The minimum atomic E-state index is -0.869. The number of nitrogens with one attached hydrogen (secondary N) is 2. The third-order valence-electron chi connectivity index (χ3n) is 8.74. The lowest BCUT2D eigenvalue weighted by molar-refractivity contribution is -0.124. The summed E-state index contributed by atoms with van der Waals surface area (Å²) in [5, 5.41) is 17.4. The molecule has 2 fully saturated rings. The number of carbonyl (C=O) groups is 2. The first-order chi connectivity index (χ1) is 17.6. The predicted molar refractivity (Wildman–Crippen MR) is 148 cm³/mol. The first-order valence-electron chi connectivity index (χ1n) is 13.7. The fourth-order valence-corrected chi connectivity index (χ4v) is 7.26. The number of aliphatic hydroxyl groups is 1. The largest absolute Gasteiger partial charge is 0.393 e. The van der Waals surface area contributed by atoms with Crippen LogP contribution in [0.2, 0.25) is 5.02 Å². The van der Waals surface area contributed by atoms with Crippen LogP contribution in [0.4, 0.5) is 5.69 Å². The van der Waals surface area contributed by atoms with E-state index >= 15 is 0 Å². The summed E-state index contributed by atoms with van der Waals surface area (Å²) >= 11 is 6.33. The number of hydrogen-bond donors (Lipinski definition) is 3. The summed E-state index contributed by atoms with van der Waals surface area (Å²) in [7, 11) is 0. The van der Waals surface area contributed by atoms with Crippen molar-refractivity contribution < 1.29 is 14.7 Å². The van der Waals surface area contributed by atoms with E-state index in [1.807, 2.05) is 36.4 Å². The average molecular weight is 523 g/mol. The molecule has 2 aromatic rings. The third-order valence-corrected chi connectivity index (χ3v) is 8.97. The minimum Gasteiger partial charge on any atom is -0.393 e. The second-order valence-corrected chi connectivity index (χ2v) is 13.1. The molecule has 3 N–H and O–H groups in total. The van der Waals surface area contributed by atoms with Gasteiger partial charge < -0.3 is 15.7 Å². The number of halogens is 1. The summed E-state index contributed by atoms with van der Waals surface area (Å²) in [5.41, 5.74) is 1.91. The quantitative estimate of drug-likeness (QED) is 0.456. The first-order valence-corrected chi connectivity index (χ1v) is 14.1. The Morgan fingerprint density at radius 3 is 2.46 bits per heavy atom. The molecule has 5 nitrogen and oxygen atoms in total. The molecule has 5 rings (SSSR count). The molecule has 1 spiro atoms. The zero-order chi connectivity index (χ0) is 26.4. The fraction of sp³-hybridized carbons (Fsp3) is 0.548. The summed E-state index contributed by atoms with van der Waals surface area (Å²) in [6, 6.07) is 15.3. The molecular formula is C31H39ClN2O3. The second kappa shape index (κ2) is 10.2. The highest BCUT2D eigenvalue weighted by atomic mass is 35.5. The van der Waals surface area contributed by atoms with Crippen LogP contribution in [0.5, 0.6) is 0 Å². The van der Waals surface area contributed by atoms with Gasteiger partial charge in [-0.05, 0) is 73.1 Å². The van der Waals surface area contributed by atoms with Gasteiger partial charge in [0, 0.05) is 29.1 Å². The lowest BCUT2D eigenvalue weighted by atomic mass is 9.62. The number of hydrogen-bond acceptors (Lipinski definition) is 4. The Balaban J connectivity index is 1.58. The fourth-order valence-electron chi connectivity index (χ4n) is 7.09. The van der Waals surface area contributed by atoms with Crippen molar-refractivity contribution in [2.75, 3.05) is 5.32 Å². The molecule has 0 radical (unpaired) electrons. The molecule has 2 heterocycles. The number of rotatable bonds is 6. The van der Waals surface area contributed by atoms with E-state index in [9.17, 15) is 14.7 Å². The molecule has 1 aliphatic carbocycles. The van der Waals surface area contributed by atoms with E-state index < -0.39 is 11.5 Å². The molecule has 0 aromatic heterocycles. The molecule has 4 atom stereocenters. The summed E-state index contributed by atoms with van der Waals surface area (Å²) in [6.45, 7) is 6.56. The highest BCUT2D eigenvalue weighted by Gasteiger charge is 2.64. The first kappa shape index (κ1) is 26.4. The van der Waals surface area contributed by atoms with E-state index in [-0.39, 0.29) is 41.1 Å². The van der Waals surface area contributed by atoms with E-state index in [4.69, 9.17) is 11.6 Å². The lowest BCUT2D eigenvalue weighted by Gasteiger charge is -2.37. The highest BCUT2D eigenvalue weighted by molar-refractivity contribution is 6.31. The third kappa shape index (κ3) is 5.10. The number of fused-ring (bicyclic) bond motifs is 2. The molecule has 3 aliphatic rings. The number of Topliss-reactive ketones (excluding diaryl/α,β-unsaturated/α-hetero) is 1. The molecule has 2 aliphatic heterocycles. The molecule has 1 amide bonds.